The fourth-order valence-electron chi connectivity index (χ4n) is 3.81. The maximum atomic E-state index is 13.3. The van der Waals surface area contributed by atoms with Gasteiger partial charge >= 0.3 is 0 Å². The number of nitrogens with zero attached hydrogens (tertiary/aromatic N) is 3. The van der Waals surface area contributed by atoms with Crippen LogP contribution in [0.3, 0.4) is 0 Å². The van der Waals surface area contributed by atoms with Gasteiger partial charge in [0.15, 0.2) is 5.82 Å². The number of hydrogen-bond acceptors (Lipinski definition) is 4. The molecule has 0 unspecified atom stereocenters. The zero-order valence-electron chi connectivity index (χ0n) is 19.1. The lowest BCUT2D eigenvalue weighted by Crippen LogP contribution is -2.20. The Kier molecular flexibility index (Phi) is 6.42. The van der Waals surface area contributed by atoms with Crippen LogP contribution in [0.15, 0.2) is 107 Å². The third-order valence-corrected chi connectivity index (χ3v) is 5.84. The predicted molar refractivity (Wildman–Crippen MR) is 141 cm³/mol. The molecule has 0 aliphatic carbocycles. The summed E-state index contributed by atoms with van der Waals surface area (Å²) in [5, 5.41) is 5.46. The Morgan fingerprint density at radius 2 is 1.74 bits per heavy atom. The van der Waals surface area contributed by atoms with Crippen molar-refractivity contribution < 1.29 is 4.74 Å². The van der Waals surface area contributed by atoms with E-state index in [2.05, 4.69) is 11.2 Å². The van der Waals surface area contributed by atoms with Crippen LogP contribution >= 0.6 is 11.6 Å². The number of rotatable bonds is 6. The standard InChI is InChI=1S/C29H22ClN3O2/c1-20-8-7-9-22(16-20)19-35-27-15-14-21(17-25(27)30)18-31-33-28(23-10-3-2-4-11-23)32-26-13-6-5-12-24(26)29(33)34/h2-18H,19H2,1H3. The summed E-state index contributed by atoms with van der Waals surface area (Å²) in [5.41, 5.74) is 4.17. The molecule has 1 aromatic heterocycles. The van der Waals surface area contributed by atoms with Gasteiger partial charge in [-0.25, -0.2) is 4.98 Å². The quantitative estimate of drug-likeness (QED) is 0.262. The molecular weight excluding hydrogens is 458 g/mol. The van der Waals surface area contributed by atoms with E-state index in [4.69, 9.17) is 21.3 Å². The van der Waals surface area contributed by atoms with Crippen LogP contribution in [0.2, 0.25) is 5.02 Å². The second-order valence-electron chi connectivity index (χ2n) is 8.15. The third-order valence-electron chi connectivity index (χ3n) is 5.54. The molecule has 6 heteroatoms. The van der Waals surface area contributed by atoms with Crippen molar-refractivity contribution in [3.8, 4) is 17.1 Å². The number of fused-ring (bicyclic) bond motifs is 1. The topological polar surface area (TPSA) is 56.5 Å². The number of halogens is 1. The van der Waals surface area contributed by atoms with Crippen molar-refractivity contribution in [2.24, 2.45) is 5.10 Å². The lowest BCUT2D eigenvalue weighted by Gasteiger charge is -2.10. The number of para-hydroxylation sites is 1. The summed E-state index contributed by atoms with van der Waals surface area (Å²) in [6, 6.07) is 30.3. The largest absolute Gasteiger partial charge is 0.487 e. The predicted octanol–water partition coefficient (Wildman–Crippen LogP) is 6.49. The number of hydrogen-bond donors (Lipinski definition) is 0. The van der Waals surface area contributed by atoms with E-state index in [0.29, 0.717) is 34.1 Å². The molecule has 35 heavy (non-hydrogen) atoms. The molecule has 0 amide bonds. The van der Waals surface area contributed by atoms with Gasteiger partial charge in [0.25, 0.3) is 5.56 Å². The second-order valence-corrected chi connectivity index (χ2v) is 8.55. The first-order valence-corrected chi connectivity index (χ1v) is 11.6. The molecule has 0 saturated heterocycles. The molecule has 172 valence electrons. The molecule has 0 radical (unpaired) electrons. The Hall–Kier alpha value is -4.22. The summed E-state index contributed by atoms with van der Waals surface area (Å²) in [7, 11) is 0. The van der Waals surface area contributed by atoms with Crippen LogP contribution < -0.4 is 10.3 Å². The molecule has 0 N–H and O–H groups in total. The molecule has 0 bridgehead atoms. The molecule has 5 rings (SSSR count). The van der Waals surface area contributed by atoms with E-state index in [1.165, 1.54) is 10.2 Å². The first-order chi connectivity index (χ1) is 17.1. The Labute approximate surface area is 207 Å². The highest BCUT2D eigenvalue weighted by Gasteiger charge is 2.12. The average molecular weight is 480 g/mol. The van der Waals surface area contributed by atoms with E-state index in [1.807, 2.05) is 79.7 Å². The number of aromatic nitrogens is 2. The Balaban J connectivity index is 1.46. The van der Waals surface area contributed by atoms with Gasteiger partial charge in [0.1, 0.15) is 12.4 Å². The number of benzene rings is 4. The van der Waals surface area contributed by atoms with Crippen molar-refractivity contribution in [1.29, 1.82) is 0 Å². The summed E-state index contributed by atoms with van der Waals surface area (Å²) >= 11 is 6.48. The zero-order chi connectivity index (χ0) is 24.2. The molecule has 0 atom stereocenters. The molecule has 5 aromatic rings. The van der Waals surface area contributed by atoms with E-state index in [1.54, 1.807) is 24.4 Å². The maximum absolute atomic E-state index is 13.3. The molecule has 1 heterocycles. The minimum absolute atomic E-state index is 0.241. The molecule has 5 nitrogen and oxygen atoms in total. The van der Waals surface area contributed by atoms with Crippen LogP contribution in [0, 0.1) is 6.92 Å². The normalized spacial score (nSPS) is 11.3. The van der Waals surface area contributed by atoms with Gasteiger partial charge in [0.2, 0.25) is 0 Å². The van der Waals surface area contributed by atoms with E-state index < -0.39 is 0 Å². The van der Waals surface area contributed by atoms with Gasteiger partial charge in [-0.3, -0.25) is 4.79 Å². The van der Waals surface area contributed by atoms with Crippen molar-refractivity contribution >= 4 is 28.7 Å². The monoisotopic (exact) mass is 479 g/mol. The van der Waals surface area contributed by atoms with Crippen molar-refractivity contribution in [3.63, 3.8) is 0 Å². The Morgan fingerprint density at radius 1 is 0.943 bits per heavy atom. The first-order valence-electron chi connectivity index (χ1n) is 11.2. The minimum atomic E-state index is -0.241. The van der Waals surface area contributed by atoms with Crippen LogP contribution in [0.5, 0.6) is 5.75 Å². The van der Waals surface area contributed by atoms with E-state index >= 15 is 0 Å². The van der Waals surface area contributed by atoms with Gasteiger partial charge in [0, 0.05) is 5.56 Å². The van der Waals surface area contributed by atoms with Gasteiger partial charge in [-0.2, -0.15) is 9.78 Å². The summed E-state index contributed by atoms with van der Waals surface area (Å²) in [5.74, 6) is 1.05. The molecule has 0 saturated carbocycles. The van der Waals surface area contributed by atoms with Crippen LogP contribution in [-0.4, -0.2) is 15.9 Å². The molecule has 0 aliphatic rings. The van der Waals surface area contributed by atoms with Gasteiger partial charge in [-0.15, -0.1) is 0 Å². The van der Waals surface area contributed by atoms with Gasteiger partial charge in [-0.05, 0) is 48.4 Å². The zero-order valence-corrected chi connectivity index (χ0v) is 19.8. The van der Waals surface area contributed by atoms with Gasteiger partial charge in [-0.1, -0.05) is 83.9 Å². The molecular formula is C29H22ClN3O2. The van der Waals surface area contributed by atoms with Crippen LogP contribution in [-0.2, 0) is 6.61 Å². The smallest absolute Gasteiger partial charge is 0.282 e. The summed E-state index contributed by atoms with van der Waals surface area (Å²) < 4.78 is 7.23. The second kappa shape index (κ2) is 9.95. The van der Waals surface area contributed by atoms with Crippen molar-refractivity contribution in [2.45, 2.75) is 13.5 Å². The highest BCUT2D eigenvalue weighted by Crippen LogP contribution is 2.26. The lowest BCUT2D eigenvalue weighted by molar-refractivity contribution is 0.306. The third kappa shape index (κ3) is 5.00. The highest BCUT2D eigenvalue weighted by atomic mass is 35.5. The Bertz CT molecular complexity index is 1590. The van der Waals surface area contributed by atoms with Crippen LogP contribution in [0.1, 0.15) is 16.7 Å². The molecule has 4 aromatic carbocycles. The van der Waals surface area contributed by atoms with E-state index in [-0.39, 0.29) is 5.56 Å². The average Bonchev–Trinajstić information content (AvgIpc) is 2.88. The fraction of sp³-hybridized carbons (Fsp3) is 0.0690. The van der Waals surface area contributed by atoms with Crippen molar-refractivity contribution in [1.82, 2.24) is 9.66 Å². The minimum Gasteiger partial charge on any atom is -0.487 e. The first kappa shape index (κ1) is 22.6. The van der Waals surface area contributed by atoms with Crippen LogP contribution in [0.25, 0.3) is 22.3 Å². The molecule has 0 aliphatic heterocycles. The summed E-state index contributed by atoms with van der Waals surface area (Å²) in [6.45, 7) is 2.47. The fourth-order valence-corrected chi connectivity index (χ4v) is 4.05. The number of ether oxygens (including phenoxy) is 1. The molecule has 0 fully saturated rings. The van der Waals surface area contributed by atoms with Gasteiger partial charge in [0.05, 0.1) is 22.1 Å². The summed E-state index contributed by atoms with van der Waals surface area (Å²) in [4.78, 5) is 18.0. The van der Waals surface area contributed by atoms with Crippen molar-refractivity contribution in [2.75, 3.05) is 0 Å². The van der Waals surface area contributed by atoms with Gasteiger partial charge < -0.3 is 4.74 Å². The number of aryl methyl sites for hydroxylation is 1. The SMILES string of the molecule is Cc1cccc(COc2ccc(C=Nn3c(-c4ccccc4)nc4ccccc4c3=O)cc2Cl)c1. The molecule has 0 spiro atoms. The van der Waals surface area contributed by atoms with Crippen LogP contribution in [0.4, 0.5) is 0 Å². The highest BCUT2D eigenvalue weighted by molar-refractivity contribution is 6.32. The van der Waals surface area contributed by atoms with E-state index in [0.717, 1.165) is 16.7 Å². The van der Waals surface area contributed by atoms with Crippen molar-refractivity contribution in [3.05, 3.63) is 129 Å². The Morgan fingerprint density at radius 3 is 2.54 bits per heavy atom. The lowest BCUT2D eigenvalue weighted by atomic mass is 10.1. The summed E-state index contributed by atoms with van der Waals surface area (Å²) in [6.07, 6.45) is 1.60. The maximum Gasteiger partial charge on any atom is 0.282 e. The van der Waals surface area contributed by atoms with E-state index in [9.17, 15) is 4.79 Å².